The van der Waals surface area contributed by atoms with Gasteiger partial charge in [-0.3, -0.25) is 9.10 Å². The van der Waals surface area contributed by atoms with Gasteiger partial charge in [0.1, 0.15) is 0 Å². The van der Waals surface area contributed by atoms with Crippen LogP contribution in [0, 0.1) is 6.92 Å². The van der Waals surface area contributed by atoms with Crippen LogP contribution in [-0.4, -0.2) is 33.4 Å². The van der Waals surface area contributed by atoms with Crippen LogP contribution in [0.5, 0.6) is 0 Å². The number of nitrogens with one attached hydrogen (secondary N) is 1. The molecule has 0 radical (unpaired) electrons. The second-order valence-corrected chi connectivity index (χ2v) is 9.51. The number of nitrogens with zero attached hydrogens (tertiary/aromatic N) is 1. The maximum atomic E-state index is 13.3. The highest BCUT2D eigenvalue weighted by atomic mass is 35.5. The smallest absolute Gasteiger partial charge is 0.340 e. The van der Waals surface area contributed by atoms with E-state index < -0.39 is 28.5 Å². The fourth-order valence-electron chi connectivity index (χ4n) is 3.11. The van der Waals surface area contributed by atoms with Gasteiger partial charge in [-0.05, 0) is 48.9 Å². The lowest BCUT2D eigenvalue weighted by molar-refractivity contribution is -0.119. The number of aryl methyl sites for hydroxylation is 1. The highest BCUT2D eigenvalue weighted by Crippen LogP contribution is 2.27. The summed E-state index contributed by atoms with van der Waals surface area (Å²) < 4.78 is 32.9. The number of carbonyl (C=O) groups excluding carboxylic acids is 2. The van der Waals surface area contributed by atoms with Gasteiger partial charge in [-0.15, -0.1) is 6.58 Å². The van der Waals surface area contributed by atoms with Gasteiger partial charge in [0.05, 0.1) is 27.7 Å². The first kappa shape index (κ1) is 25.0. The summed E-state index contributed by atoms with van der Waals surface area (Å²) in [6.45, 7) is 4.92. The van der Waals surface area contributed by atoms with E-state index in [1.807, 2.05) is 19.1 Å². The second-order valence-electron chi connectivity index (χ2n) is 7.24. The molecule has 176 valence electrons. The SMILES string of the molecule is C=CCN(c1ccccc1)S(=O)(=O)c1ccc(Cl)c(C(=O)OCC(=O)Nc2ccccc2C)c1. The van der Waals surface area contributed by atoms with Gasteiger partial charge in [0.2, 0.25) is 0 Å². The van der Waals surface area contributed by atoms with Crippen LogP contribution in [0.1, 0.15) is 15.9 Å². The number of amides is 1. The van der Waals surface area contributed by atoms with Crippen LogP contribution in [-0.2, 0) is 19.6 Å². The highest BCUT2D eigenvalue weighted by Gasteiger charge is 2.26. The van der Waals surface area contributed by atoms with Gasteiger partial charge in [0.25, 0.3) is 15.9 Å². The maximum absolute atomic E-state index is 13.3. The van der Waals surface area contributed by atoms with E-state index >= 15 is 0 Å². The Morgan fingerprint density at radius 2 is 1.74 bits per heavy atom. The van der Waals surface area contributed by atoms with Crippen molar-refractivity contribution >= 4 is 44.9 Å². The van der Waals surface area contributed by atoms with Crippen molar-refractivity contribution in [3.63, 3.8) is 0 Å². The van der Waals surface area contributed by atoms with Gasteiger partial charge in [-0.1, -0.05) is 54.1 Å². The van der Waals surface area contributed by atoms with E-state index in [0.717, 1.165) is 15.9 Å². The van der Waals surface area contributed by atoms with E-state index in [9.17, 15) is 18.0 Å². The summed E-state index contributed by atoms with van der Waals surface area (Å²) in [6.07, 6.45) is 1.46. The molecule has 0 aliphatic rings. The van der Waals surface area contributed by atoms with Crippen molar-refractivity contribution in [1.29, 1.82) is 0 Å². The third-order valence-electron chi connectivity index (χ3n) is 4.84. The normalized spacial score (nSPS) is 10.9. The monoisotopic (exact) mass is 498 g/mol. The predicted molar refractivity (Wildman–Crippen MR) is 133 cm³/mol. The van der Waals surface area contributed by atoms with E-state index in [2.05, 4.69) is 11.9 Å². The van der Waals surface area contributed by atoms with E-state index in [0.29, 0.717) is 11.4 Å². The molecule has 0 aromatic heterocycles. The minimum absolute atomic E-state index is 0.00163. The Balaban J connectivity index is 1.79. The molecule has 3 aromatic rings. The van der Waals surface area contributed by atoms with Crippen molar-refractivity contribution in [1.82, 2.24) is 0 Å². The van der Waals surface area contributed by atoms with Crippen LogP contribution in [0.2, 0.25) is 5.02 Å². The molecule has 0 fully saturated rings. The average Bonchev–Trinajstić information content (AvgIpc) is 2.83. The summed E-state index contributed by atoms with van der Waals surface area (Å²) in [4.78, 5) is 24.7. The lowest BCUT2D eigenvalue weighted by atomic mass is 10.2. The number of hydrogen-bond donors (Lipinski definition) is 1. The zero-order valence-electron chi connectivity index (χ0n) is 18.4. The average molecular weight is 499 g/mol. The van der Waals surface area contributed by atoms with Gasteiger partial charge in [0.15, 0.2) is 6.61 Å². The molecule has 9 heteroatoms. The Kier molecular flexibility index (Phi) is 8.09. The lowest BCUT2D eigenvalue weighted by Crippen LogP contribution is -2.31. The zero-order valence-corrected chi connectivity index (χ0v) is 20.0. The van der Waals surface area contributed by atoms with Crippen molar-refractivity contribution < 1.29 is 22.7 Å². The summed E-state index contributed by atoms with van der Waals surface area (Å²) in [5.41, 5.74) is 1.72. The van der Waals surface area contributed by atoms with Crippen molar-refractivity contribution in [3.8, 4) is 0 Å². The summed E-state index contributed by atoms with van der Waals surface area (Å²) in [6, 6.07) is 19.4. The minimum atomic E-state index is -4.05. The number of halogens is 1. The van der Waals surface area contributed by atoms with Crippen LogP contribution in [0.3, 0.4) is 0 Å². The molecule has 0 bridgehead atoms. The molecule has 7 nitrogen and oxygen atoms in total. The Hall–Kier alpha value is -3.62. The number of benzene rings is 3. The number of hydrogen-bond acceptors (Lipinski definition) is 5. The Morgan fingerprint density at radius 3 is 2.41 bits per heavy atom. The standard InChI is InChI=1S/C25H23ClN2O5S/c1-3-15-28(19-10-5-4-6-11-19)34(31,32)20-13-14-22(26)21(16-20)25(30)33-17-24(29)27-23-12-8-7-9-18(23)2/h3-14,16H,1,15,17H2,2H3,(H,27,29). The molecule has 1 amide bonds. The summed E-state index contributed by atoms with van der Waals surface area (Å²) in [5, 5.41) is 2.65. The number of sulfonamides is 1. The molecule has 0 saturated carbocycles. The largest absolute Gasteiger partial charge is 0.452 e. The van der Waals surface area contributed by atoms with Crippen LogP contribution in [0.25, 0.3) is 0 Å². The van der Waals surface area contributed by atoms with Gasteiger partial charge in [-0.25, -0.2) is 13.2 Å². The zero-order chi connectivity index (χ0) is 24.7. The number of esters is 1. The lowest BCUT2D eigenvalue weighted by Gasteiger charge is -2.23. The Morgan fingerprint density at radius 1 is 1.06 bits per heavy atom. The van der Waals surface area contributed by atoms with E-state index in [1.165, 1.54) is 18.2 Å². The maximum Gasteiger partial charge on any atom is 0.340 e. The molecular weight excluding hydrogens is 476 g/mol. The second kappa shape index (κ2) is 11.0. The molecule has 3 aromatic carbocycles. The van der Waals surface area contributed by atoms with Crippen molar-refractivity contribution in [2.24, 2.45) is 0 Å². The molecule has 0 spiro atoms. The number of anilines is 2. The van der Waals surface area contributed by atoms with Gasteiger partial charge >= 0.3 is 5.97 Å². The Bertz CT molecular complexity index is 1310. The van der Waals surface area contributed by atoms with Gasteiger partial charge in [0, 0.05) is 5.69 Å². The molecule has 0 atom stereocenters. The van der Waals surface area contributed by atoms with Crippen LogP contribution in [0.15, 0.2) is 90.3 Å². The fourth-order valence-corrected chi connectivity index (χ4v) is 4.77. The number of ether oxygens (including phenoxy) is 1. The summed E-state index contributed by atoms with van der Waals surface area (Å²) in [5.74, 6) is -1.46. The van der Waals surface area contributed by atoms with Crippen LogP contribution < -0.4 is 9.62 Å². The summed E-state index contributed by atoms with van der Waals surface area (Å²) in [7, 11) is -4.05. The van der Waals surface area contributed by atoms with Crippen molar-refractivity contribution in [3.05, 3.63) is 102 Å². The molecule has 3 rings (SSSR count). The molecule has 0 aliphatic carbocycles. The first-order chi connectivity index (χ1) is 16.2. The van der Waals surface area contributed by atoms with Crippen molar-refractivity contribution in [2.45, 2.75) is 11.8 Å². The fraction of sp³-hybridized carbons (Fsp3) is 0.120. The topological polar surface area (TPSA) is 92.8 Å². The summed E-state index contributed by atoms with van der Waals surface area (Å²) >= 11 is 6.14. The van der Waals surface area contributed by atoms with Crippen LogP contribution >= 0.6 is 11.6 Å². The first-order valence-corrected chi connectivity index (χ1v) is 12.1. The van der Waals surface area contributed by atoms with Gasteiger partial charge in [-0.2, -0.15) is 0 Å². The van der Waals surface area contributed by atoms with Crippen LogP contribution in [0.4, 0.5) is 11.4 Å². The Labute approximate surface area is 203 Å². The molecule has 0 aliphatic heterocycles. The number of para-hydroxylation sites is 2. The van der Waals surface area contributed by atoms with Crippen molar-refractivity contribution in [2.75, 3.05) is 22.8 Å². The van der Waals surface area contributed by atoms with Gasteiger partial charge < -0.3 is 10.1 Å². The number of rotatable bonds is 9. The first-order valence-electron chi connectivity index (χ1n) is 10.2. The minimum Gasteiger partial charge on any atom is -0.452 e. The molecule has 1 N–H and O–H groups in total. The molecule has 0 heterocycles. The third-order valence-corrected chi connectivity index (χ3v) is 6.96. The third kappa shape index (κ3) is 5.84. The molecule has 0 saturated heterocycles. The molecule has 0 unspecified atom stereocenters. The predicted octanol–water partition coefficient (Wildman–Crippen LogP) is 4.83. The highest BCUT2D eigenvalue weighted by molar-refractivity contribution is 7.92. The number of carbonyl (C=O) groups is 2. The quantitative estimate of drug-likeness (QED) is 0.337. The van der Waals surface area contributed by atoms with E-state index in [4.69, 9.17) is 16.3 Å². The van der Waals surface area contributed by atoms with E-state index in [-0.39, 0.29) is 22.0 Å². The molecular formula is C25H23ClN2O5S. The van der Waals surface area contributed by atoms with E-state index in [1.54, 1.807) is 42.5 Å². The molecule has 34 heavy (non-hydrogen) atoms.